The highest BCUT2D eigenvalue weighted by molar-refractivity contribution is 5.33. The Balaban J connectivity index is 1.85. The molecule has 1 fully saturated rings. The maximum absolute atomic E-state index is 12.3. The van der Waals surface area contributed by atoms with Crippen LogP contribution in [0.1, 0.15) is 5.56 Å². The molecule has 21 heavy (non-hydrogen) atoms. The molecule has 1 aromatic carbocycles. The molecule has 0 amide bonds. The Morgan fingerprint density at radius 1 is 1.38 bits per heavy atom. The number of halogens is 3. The number of hydrogen-bond donors (Lipinski definition) is 1. The van der Waals surface area contributed by atoms with Crippen molar-refractivity contribution >= 4 is 0 Å². The zero-order valence-electron chi connectivity index (χ0n) is 11.8. The first kappa shape index (κ1) is 16.1. The van der Waals surface area contributed by atoms with E-state index >= 15 is 0 Å². The lowest BCUT2D eigenvalue weighted by molar-refractivity contribution is -0.274. The van der Waals surface area contributed by atoms with E-state index in [1.165, 1.54) is 12.1 Å². The quantitative estimate of drug-likeness (QED) is 0.902. The van der Waals surface area contributed by atoms with Gasteiger partial charge in [-0.1, -0.05) is 18.2 Å². The number of para-hydroxylation sites is 1. The van der Waals surface area contributed by atoms with Crippen molar-refractivity contribution in [1.82, 2.24) is 10.2 Å². The second kappa shape index (κ2) is 7.11. The number of morpholine rings is 1. The van der Waals surface area contributed by atoms with Crippen LogP contribution in [0.5, 0.6) is 5.75 Å². The van der Waals surface area contributed by atoms with Crippen LogP contribution in [0.4, 0.5) is 13.2 Å². The highest BCUT2D eigenvalue weighted by Crippen LogP contribution is 2.26. The summed E-state index contributed by atoms with van der Waals surface area (Å²) >= 11 is 0. The third-order valence-corrected chi connectivity index (χ3v) is 3.23. The van der Waals surface area contributed by atoms with E-state index in [2.05, 4.69) is 15.0 Å². The number of alkyl halides is 3. The molecule has 1 aromatic rings. The van der Waals surface area contributed by atoms with Crippen molar-refractivity contribution in [3.8, 4) is 5.75 Å². The maximum atomic E-state index is 12.3. The third-order valence-electron chi connectivity index (χ3n) is 3.23. The predicted molar refractivity (Wildman–Crippen MR) is 72.1 cm³/mol. The fourth-order valence-electron chi connectivity index (χ4n) is 2.23. The van der Waals surface area contributed by atoms with Gasteiger partial charge in [-0.25, -0.2) is 0 Å². The van der Waals surface area contributed by atoms with Crippen molar-refractivity contribution in [3.05, 3.63) is 29.8 Å². The molecule has 4 nitrogen and oxygen atoms in total. The standard InChI is InChI=1S/C14H19F3N2O2/c1-19-6-7-20-12(10-19)9-18-8-11-4-2-3-5-13(11)21-14(15,16)17/h2-5,12,18H,6-10H2,1H3/t12-/m1/s1. The topological polar surface area (TPSA) is 33.7 Å². The summed E-state index contributed by atoms with van der Waals surface area (Å²) in [7, 11) is 2.02. The summed E-state index contributed by atoms with van der Waals surface area (Å²) in [5, 5.41) is 3.12. The van der Waals surface area contributed by atoms with Gasteiger partial charge in [0.2, 0.25) is 0 Å². The fourth-order valence-corrected chi connectivity index (χ4v) is 2.23. The highest BCUT2D eigenvalue weighted by atomic mass is 19.4. The summed E-state index contributed by atoms with van der Waals surface area (Å²) in [6.45, 7) is 3.28. The first-order valence-electron chi connectivity index (χ1n) is 6.78. The number of hydrogen-bond acceptors (Lipinski definition) is 4. The molecule has 0 bridgehead atoms. The van der Waals surface area contributed by atoms with Gasteiger partial charge < -0.3 is 19.7 Å². The molecular formula is C14H19F3N2O2. The molecule has 0 spiro atoms. The van der Waals surface area contributed by atoms with Gasteiger partial charge in [-0.3, -0.25) is 0 Å². The second-order valence-corrected chi connectivity index (χ2v) is 5.04. The molecule has 2 rings (SSSR count). The Morgan fingerprint density at radius 2 is 2.14 bits per heavy atom. The van der Waals surface area contributed by atoms with Crippen molar-refractivity contribution in [2.45, 2.75) is 19.0 Å². The van der Waals surface area contributed by atoms with E-state index in [1.807, 2.05) is 7.05 Å². The first-order chi connectivity index (χ1) is 9.94. The minimum Gasteiger partial charge on any atom is -0.405 e. The minimum absolute atomic E-state index is 0.0550. The van der Waals surface area contributed by atoms with Gasteiger partial charge in [0.15, 0.2) is 0 Å². The van der Waals surface area contributed by atoms with Crippen LogP contribution in [0.3, 0.4) is 0 Å². The van der Waals surface area contributed by atoms with E-state index < -0.39 is 6.36 Å². The van der Waals surface area contributed by atoms with Gasteiger partial charge in [-0.2, -0.15) is 0 Å². The number of ether oxygens (including phenoxy) is 2. The van der Waals surface area contributed by atoms with Crippen molar-refractivity contribution < 1.29 is 22.6 Å². The molecule has 1 saturated heterocycles. The van der Waals surface area contributed by atoms with Crippen LogP contribution < -0.4 is 10.1 Å². The van der Waals surface area contributed by atoms with E-state index in [0.717, 1.165) is 13.1 Å². The number of nitrogens with zero attached hydrogens (tertiary/aromatic N) is 1. The average Bonchev–Trinajstić information content (AvgIpc) is 2.39. The van der Waals surface area contributed by atoms with E-state index in [1.54, 1.807) is 12.1 Å². The molecule has 1 N–H and O–H groups in total. The van der Waals surface area contributed by atoms with E-state index in [9.17, 15) is 13.2 Å². The molecule has 1 aliphatic heterocycles. The average molecular weight is 304 g/mol. The van der Waals surface area contributed by atoms with Crippen LogP contribution in [0.25, 0.3) is 0 Å². The summed E-state index contributed by atoms with van der Waals surface area (Å²) in [5.74, 6) is -0.167. The predicted octanol–water partition coefficient (Wildman–Crippen LogP) is 2.01. The number of likely N-dealkylation sites (N-methyl/N-ethyl adjacent to an activating group) is 1. The SMILES string of the molecule is CN1CCO[C@H](CNCc2ccccc2OC(F)(F)F)C1. The number of nitrogens with one attached hydrogen (secondary N) is 1. The van der Waals surface area contributed by atoms with Gasteiger partial charge in [-0.05, 0) is 13.1 Å². The van der Waals surface area contributed by atoms with E-state index in [0.29, 0.717) is 25.3 Å². The van der Waals surface area contributed by atoms with Crippen molar-refractivity contribution in [2.75, 3.05) is 33.3 Å². The van der Waals surface area contributed by atoms with Gasteiger partial charge in [0.05, 0.1) is 12.7 Å². The highest BCUT2D eigenvalue weighted by Gasteiger charge is 2.31. The molecule has 0 saturated carbocycles. The largest absolute Gasteiger partial charge is 0.573 e. The lowest BCUT2D eigenvalue weighted by Gasteiger charge is -2.30. The Bertz CT molecular complexity index is 454. The molecule has 1 atom stereocenters. The van der Waals surface area contributed by atoms with Crippen LogP contribution >= 0.6 is 0 Å². The Kier molecular flexibility index (Phi) is 5.44. The maximum Gasteiger partial charge on any atom is 0.573 e. The summed E-state index contributed by atoms with van der Waals surface area (Å²) in [4.78, 5) is 2.16. The minimum atomic E-state index is -4.68. The van der Waals surface area contributed by atoms with E-state index in [4.69, 9.17) is 4.74 Å². The van der Waals surface area contributed by atoms with Crippen LogP contribution in [0, 0.1) is 0 Å². The molecule has 0 aliphatic carbocycles. The molecule has 0 unspecified atom stereocenters. The van der Waals surface area contributed by atoms with Gasteiger partial charge in [0.1, 0.15) is 5.75 Å². The molecule has 118 valence electrons. The van der Waals surface area contributed by atoms with Gasteiger partial charge in [0, 0.05) is 31.7 Å². The molecule has 0 aromatic heterocycles. The zero-order valence-corrected chi connectivity index (χ0v) is 11.8. The summed E-state index contributed by atoms with van der Waals surface area (Å²) in [6.07, 6.45) is -4.62. The first-order valence-corrected chi connectivity index (χ1v) is 6.78. The third kappa shape index (κ3) is 5.53. The Hall–Kier alpha value is -1.31. The Labute approximate surface area is 121 Å². The number of benzene rings is 1. The van der Waals surface area contributed by atoms with Crippen LogP contribution in [-0.2, 0) is 11.3 Å². The van der Waals surface area contributed by atoms with Gasteiger partial charge in [-0.15, -0.1) is 13.2 Å². The zero-order chi connectivity index (χ0) is 15.3. The van der Waals surface area contributed by atoms with Gasteiger partial charge >= 0.3 is 6.36 Å². The fraction of sp³-hybridized carbons (Fsp3) is 0.571. The Morgan fingerprint density at radius 3 is 2.86 bits per heavy atom. The number of rotatable bonds is 5. The monoisotopic (exact) mass is 304 g/mol. The van der Waals surface area contributed by atoms with Crippen molar-refractivity contribution in [2.24, 2.45) is 0 Å². The lowest BCUT2D eigenvalue weighted by Crippen LogP contribution is -2.44. The molecular weight excluding hydrogens is 285 g/mol. The van der Waals surface area contributed by atoms with Crippen molar-refractivity contribution in [3.63, 3.8) is 0 Å². The molecule has 1 heterocycles. The summed E-state index contributed by atoms with van der Waals surface area (Å²) in [5.41, 5.74) is 0.471. The van der Waals surface area contributed by atoms with Crippen molar-refractivity contribution in [1.29, 1.82) is 0 Å². The smallest absolute Gasteiger partial charge is 0.405 e. The molecule has 0 radical (unpaired) electrons. The summed E-state index contributed by atoms with van der Waals surface area (Å²) < 4.78 is 46.5. The van der Waals surface area contributed by atoms with E-state index in [-0.39, 0.29) is 11.9 Å². The lowest BCUT2D eigenvalue weighted by atomic mass is 10.2. The summed E-state index contributed by atoms with van der Waals surface area (Å²) in [6, 6.07) is 6.13. The van der Waals surface area contributed by atoms with Gasteiger partial charge in [0.25, 0.3) is 0 Å². The van der Waals surface area contributed by atoms with Crippen LogP contribution in [-0.4, -0.2) is 50.7 Å². The second-order valence-electron chi connectivity index (χ2n) is 5.04. The normalized spacial score (nSPS) is 20.5. The molecule has 7 heteroatoms. The van der Waals surface area contributed by atoms with Crippen LogP contribution in [0.15, 0.2) is 24.3 Å². The molecule has 1 aliphatic rings. The van der Waals surface area contributed by atoms with Crippen LogP contribution in [0.2, 0.25) is 0 Å².